The van der Waals surface area contributed by atoms with Crippen molar-refractivity contribution in [3.05, 3.63) is 34.0 Å². The van der Waals surface area contributed by atoms with Gasteiger partial charge in [-0.1, -0.05) is 5.18 Å². The molecule has 1 aromatic heterocycles. The van der Waals surface area contributed by atoms with E-state index in [1.165, 1.54) is 0 Å². The molecule has 0 fully saturated rings. The van der Waals surface area contributed by atoms with Crippen LogP contribution < -0.4 is 0 Å². The van der Waals surface area contributed by atoms with Crippen molar-refractivity contribution in [3.63, 3.8) is 0 Å². The summed E-state index contributed by atoms with van der Waals surface area (Å²) in [7, 11) is 0. The topological polar surface area (TPSA) is 42.3 Å². The minimum Gasteiger partial charge on any atom is -0.259 e. The number of aromatic nitrogens is 1. The highest BCUT2D eigenvalue weighted by atomic mass is 16.3. The van der Waals surface area contributed by atoms with Crippen molar-refractivity contribution in [2.24, 2.45) is 5.18 Å². The zero-order chi connectivity index (χ0) is 8.27. The maximum Gasteiger partial charge on any atom is 0.123 e. The number of pyridine rings is 1. The number of hydrogen-bond donors (Lipinski definition) is 0. The summed E-state index contributed by atoms with van der Waals surface area (Å²) in [6.45, 7) is 4.15. The van der Waals surface area contributed by atoms with Gasteiger partial charge in [0.15, 0.2) is 0 Å². The summed E-state index contributed by atoms with van der Waals surface area (Å²) in [6.07, 6.45) is 1.76. The first-order valence-corrected chi connectivity index (χ1v) is 3.45. The molecule has 58 valence electrons. The van der Waals surface area contributed by atoms with Gasteiger partial charge in [0.25, 0.3) is 0 Å². The Labute approximate surface area is 65.4 Å². The fourth-order valence-corrected chi connectivity index (χ4v) is 0.835. The van der Waals surface area contributed by atoms with Crippen molar-refractivity contribution in [1.29, 1.82) is 0 Å². The number of nitroso groups, excluding NO2 is 1. The quantitative estimate of drug-likeness (QED) is 0.605. The van der Waals surface area contributed by atoms with Crippen LogP contribution in [-0.2, 0) is 6.54 Å². The van der Waals surface area contributed by atoms with Crippen LogP contribution in [0.1, 0.15) is 16.8 Å². The Balaban J connectivity index is 2.95. The van der Waals surface area contributed by atoms with Crippen LogP contribution in [0, 0.1) is 18.8 Å². The zero-order valence-corrected chi connectivity index (χ0v) is 6.66. The number of rotatable bonds is 2. The Morgan fingerprint density at radius 2 is 2.18 bits per heavy atom. The lowest BCUT2D eigenvalue weighted by molar-refractivity contribution is 0.968. The van der Waals surface area contributed by atoms with Crippen LogP contribution in [-0.4, -0.2) is 4.98 Å². The molecule has 0 amide bonds. The van der Waals surface area contributed by atoms with E-state index in [-0.39, 0.29) is 6.54 Å². The van der Waals surface area contributed by atoms with Crippen LogP contribution in [0.5, 0.6) is 0 Å². The monoisotopic (exact) mass is 150 g/mol. The molecule has 0 aliphatic heterocycles. The minimum atomic E-state index is 0.168. The molecule has 0 N–H and O–H groups in total. The smallest absolute Gasteiger partial charge is 0.123 e. The summed E-state index contributed by atoms with van der Waals surface area (Å²) in [5, 5.41) is 2.76. The minimum absolute atomic E-state index is 0.168. The highest BCUT2D eigenvalue weighted by molar-refractivity contribution is 5.23. The van der Waals surface area contributed by atoms with Gasteiger partial charge < -0.3 is 0 Å². The summed E-state index contributed by atoms with van der Waals surface area (Å²) >= 11 is 0. The Hall–Kier alpha value is -1.25. The van der Waals surface area contributed by atoms with E-state index in [0.717, 1.165) is 16.8 Å². The lowest BCUT2D eigenvalue weighted by Gasteiger charge is -1.99. The van der Waals surface area contributed by atoms with E-state index in [9.17, 15) is 4.91 Å². The summed E-state index contributed by atoms with van der Waals surface area (Å²) in [4.78, 5) is 13.9. The molecule has 0 spiro atoms. The van der Waals surface area contributed by atoms with Crippen LogP contribution in [0.25, 0.3) is 0 Å². The van der Waals surface area contributed by atoms with Gasteiger partial charge >= 0.3 is 0 Å². The van der Waals surface area contributed by atoms with Crippen LogP contribution in [0.15, 0.2) is 17.4 Å². The molecule has 3 nitrogen and oxygen atoms in total. The van der Waals surface area contributed by atoms with Gasteiger partial charge in [0.05, 0.1) is 5.69 Å². The van der Waals surface area contributed by atoms with Gasteiger partial charge in [0.1, 0.15) is 6.54 Å². The summed E-state index contributed by atoms with van der Waals surface area (Å²) < 4.78 is 0. The Morgan fingerprint density at radius 3 is 2.73 bits per heavy atom. The highest BCUT2D eigenvalue weighted by Crippen LogP contribution is 2.06. The molecule has 0 aliphatic carbocycles. The molecular weight excluding hydrogens is 140 g/mol. The molecule has 1 rings (SSSR count). The molecule has 0 atom stereocenters. The van der Waals surface area contributed by atoms with Crippen molar-refractivity contribution in [2.45, 2.75) is 20.4 Å². The second-order valence-corrected chi connectivity index (χ2v) is 2.55. The lowest BCUT2D eigenvalue weighted by atomic mass is 10.1. The van der Waals surface area contributed by atoms with E-state index in [4.69, 9.17) is 0 Å². The number of nitrogens with zero attached hydrogens (tertiary/aromatic N) is 2. The van der Waals surface area contributed by atoms with Crippen LogP contribution in [0.4, 0.5) is 0 Å². The Morgan fingerprint density at radius 1 is 1.45 bits per heavy atom. The van der Waals surface area contributed by atoms with Gasteiger partial charge in [-0.05, 0) is 31.0 Å². The molecule has 1 aromatic rings. The van der Waals surface area contributed by atoms with Crippen molar-refractivity contribution < 1.29 is 0 Å². The molecule has 0 aliphatic rings. The van der Waals surface area contributed by atoms with Gasteiger partial charge in [-0.2, -0.15) is 4.91 Å². The first-order chi connectivity index (χ1) is 5.24. The molecule has 11 heavy (non-hydrogen) atoms. The molecular formula is C8H10N2O. The van der Waals surface area contributed by atoms with E-state index in [1.54, 1.807) is 6.20 Å². The van der Waals surface area contributed by atoms with Crippen LogP contribution in [0.2, 0.25) is 0 Å². The second-order valence-electron chi connectivity index (χ2n) is 2.55. The normalized spacial score (nSPS) is 9.64. The lowest BCUT2D eigenvalue weighted by Crippen LogP contribution is -1.90. The average Bonchev–Trinajstić information content (AvgIpc) is 1.98. The third-order valence-corrected chi connectivity index (χ3v) is 1.66. The molecule has 0 radical (unpaired) electrons. The predicted octanol–water partition coefficient (Wildman–Crippen LogP) is 1.96. The largest absolute Gasteiger partial charge is 0.259 e. The molecule has 1 heterocycles. The molecule has 3 heteroatoms. The fraction of sp³-hybridized carbons (Fsp3) is 0.375. The van der Waals surface area contributed by atoms with E-state index in [0.29, 0.717) is 0 Å². The van der Waals surface area contributed by atoms with Gasteiger partial charge in [0.2, 0.25) is 0 Å². The maximum absolute atomic E-state index is 9.88. The average molecular weight is 150 g/mol. The van der Waals surface area contributed by atoms with Gasteiger partial charge in [-0.3, -0.25) is 4.98 Å². The van der Waals surface area contributed by atoms with Gasteiger partial charge in [-0.15, -0.1) is 0 Å². The molecule has 0 aromatic carbocycles. The van der Waals surface area contributed by atoms with Crippen LogP contribution >= 0.6 is 0 Å². The number of hydrogen-bond acceptors (Lipinski definition) is 3. The van der Waals surface area contributed by atoms with E-state index >= 15 is 0 Å². The third kappa shape index (κ3) is 1.83. The standard InChI is InChI=1S/C8H10N2O/c1-6-3-8(5-10-11)9-4-7(6)2/h3-4H,5H2,1-2H3. The van der Waals surface area contributed by atoms with Crippen molar-refractivity contribution in [2.75, 3.05) is 0 Å². The first-order valence-electron chi connectivity index (χ1n) is 3.45. The first kappa shape index (κ1) is 7.85. The fourth-order valence-electron chi connectivity index (χ4n) is 0.835. The SMILES string of the molecule is Cc1cnc(CN=O)cc1C. The maximum atomic E-state index is 9.88. The van der Waals surface area contributed by atoms with Crippen molar-refractivity contribution in [1.82, 2.24) is 4.98 Å². The van der Waals surface area contributed by atoms with Gasteiger partial charge in [-0.25, -0.2) is 0 Å². The second kappa shape index (κ2) is 3.23. The van der Waals surface area contributed by atoms with Crippen molar-refractivity contribution in [3.8, 4) is 0 Å². The van der Waals surface area contributed by atoms with E-state index < -0.39 is 0 Å². The molecule has 0 unspecified atom stereocenters. The Kier molecular flexibility index (Phi) is 2.31. The summed E-state index contributed by atoms with van der Waals surface area (Å²) in [5.74, 6) is 0. The zero-order valence-electron chi connectivity index (χ0n) is 6.66. The van der Waals surface area contributed by atoms with Crippen LogP contribution in [0.3, 0.4) is 0 Å². The summed E-state index contributed by atoms with van der Waals surface area (Å²) in [5.41, 5.74) is 3.03. The van der Waals surface area contributed by atoms with Gasteiger partial charge in [0, 0.05) is 6.20 Å². The molecule has 0 saturated heterocycles. The van der Waals surface area contributed by atoms with E-state index in [2.05, 4.69) is 10.2 Å². The Bertz CT molecular complexity index is 271. The van der Waals surface area contributed by atoms with E-state index in [1.807, 2.05) is 19.9 Å². The summed E-state index contributed by atoms with van der Waals surface area (Å²) in [6, 6.07) is 1.89. The number of aryl methyl sites for hydroxylation is 2. The third-order valence-electron chi connectivity index (χ3n) is 1.66. The predicted molar refractivity (Wildman–Crippen MR) is 43.2 cm³/mol. The molecule has 0 saturated carbocycles. The molecule has 0 bridgehead atoms. The highest BCUT2D eigenvalue weighted by Gasteiger charge is 1.96. The van der Waals surface area contributed by atoms with Crippen molar-refractivity contribution >= 4 is 0 Å².